The third-order valence-electron chi connectivity index (χ3n) is 1.41. The Kier molecular flexibility index (Phi) is 5.54. The van der Waals surface area contributed by atoms with Crippen molar-refractivity contribution >= 4 is 45.5 Å². The molecule has 0 unspecified atom stereocenters. The van der Waals surface area contributed by atoms with E-state index in [9.17, 15) is 13.2 Å². The number of rotatable bonds is 3. The van der Waals surface area contributed by atoms with Crippen LogP contribution in [-0.4, -0.2) is 54.1 Å². The van der Waals surface area contributed by atoms with Crippen LogP contribution in [0.2, 0.25) is 0 Å². The van der Waals surface area contributed by atoms with Crippen LogP contribution in [0.5, 0.6) is 0 Å². The first-order valence-corrected chi connectivity index (χ1v) is 5.13. The topological polar surface area (TPSA) is 71.4 Å². The molecule has 1 N–H and O–H groups in total. The summed E-state index contributed by atoms with van der Waals surface area (Å²) < 4.78 is 29.1. The summed E-state index contributed by atoms with van der Waals surface area (Å²) in [5, 5.41) is 0. The fraction of sp³-hybridized carbons (Fsp3) is 0.125. The van der Waals surface area contributed by atoms with Crippen LogP contribution in [0.15, 0.2) is 30.3 Å². The van der Waals surface area contributed by atoms with Crippen molar-refractivity contribution in [2.45, 2.75) is 0 Å². The van der Waals surface area contributed by atoms with Gasteiger partial charge in [-0.1, -0.05) is 30.3 Å². The summed E-state index contributed by atoms with van der Waals surface area (Å²) in [7, 11) is -4.22. The maximum atomic E-state index is 11.1. The number of Topliss-reactive ketones (excluding diaryl/α,β-unsaturated/α-hetero) is 1. The van der Waals surface area contributed by atoms with Gasteiger partial charge in [-0.3, -0.25) is 9.35 Å². The van der Waals surface area contributed by atoms with E-state index in [0.717, 1.165) is 0 Å². The summed E-state index contributed by atoms with van der Waals surface area (Å²) in [6.07, 6.45) is 0. The van der Waals surface area contributed by atoms with E-state index in [0.29, 0.717) is 0 Å². The Morgan fingerprint density at radius 2 is 1.71 bits per heavy atom. The third-order valence-corrected chi connectivity index (χ3v) is 2.04. The molecule has 0 aromatic heterocycles. The minimum absolute atomic E-state index is 0. The number of ketones is 1. The Bertz CT molecular complexity index is 399. The summed E-state index contributed by atoms with van der Waals surface area (Å²) in [6, 6.07) is 7.94. The predicted molar refractivity (Wildman–Crippen MR) is 54.3 cm³/mol. The second-order valence-electron chi connectivity index (χ2n) is 2.52. The molecule has 0 saturated carbocycles. The van der Waals surface area contributed by atoms with E-state index in [2.05, 4.69) is 0 Å². The van der Waals surface area contributed by atoms with Gasteiger partial charge in [0.25, 0.3) is 10.1 Å². The molecule has 4 nitrogen and oxygen atoms in total. The van der Waals surface area contributed by atoms with Crippen LogP contribution in [-0.2, 0) is 10.1 Å². The van der Waals surface area contributed by atoms with Crippen LogP contribution in [0.1, 0.15) is 10.4 Å². The van der Waals surface area contributed by atoms with Crippen molar-refractivity contribution in [1.82, 2.24) is 0 Å². The van der Waals surface area contributed by atoms with Crippen molar-refractivity contribution in [3.63, 3.8) is 0 Å². The molecule has 0 bridgehead atoms. The van der Waals surface area contributed by atoms with Crippen molar-refractivity contribution in [3.8, 4) is 0 Å². The molecule has 14 heavy (non-hydrogen) atoms. The van der Waals surface area contributed by atoms with E-state index in [1.165, 1.54) is 12.1 Å². The average molecular weight is 224 g/mol. The molecule has 1 aromatic rings. The Balaban J connectivity index is 0.00000169. The van der Waals surface area contributed by atoms with Gasteiger partial charge in [-0.2, -0.15) is 8.42 Å². The van der Waals surface area contributed by atoms with E-state index in [-0.39, 0.29) is 35.1 Å². The van der Waals surface area contributed by atoms with Gasteiger partial charge in [0.05, 0.1) is 0 Å². The fourth-order valence-electron chi connectivity index (χ4n) is 0.873. The van der Waals surface area contributed by atoms with E-state index in [1.54, 1.807) is 18.2 Å². The van der Waals surface area contributed by atoms with Gasteiger partial charge in [0, 0.05) is 5.56 Å². The van der Waals surface area contributed by atoms with Crippen molar-refractivity contribution in [2.24, 2.45) is 0 Å². The molecule has 0 aliphatic heterocycles. The summed E-state index contributed by atoms with van der Waals surface area (Å²) >= 11 is 0. The Morgan fingerprint density at radius 3 is 2.14 bits per heavy atom. The Labute approximate surface area is 104 Å². The molecule has 0 aliphatic rings. The minimum atomic E-state index is -4.22. The third kappa shape index (κ3) is 4.88. The van der Waals surface area contributed by atoms with Gasteiger partial charge in [0.15, 0.2) is 5.78 Å². The van der Waals surface area contributed by atoms with Crippen LogP contribution < -0.4 is 0 Å². The van der Waals surface area contributed by atoms with Gasteiger partial charge in [-0.25, -0.2) is 0 Å². The van der Waals surface area contributed by atoms with E-state index < -0.39 is 21.7 Å². The van der Waals surface area contributed by atoms with Crippen LogP contribution in [0, 0.1) is 0 Å². The summed E-state index contributed by atoms with van der Waals surface area (Å²) in [5.41, 5.74) is 0.278. The molecule has 0 atom stereocenters. The van der Waals surface area contributed by atoms with Crippen LogP contribution in [0.3, 0.4) is 0 Å². The quantitative estimate of drug-likeness (QED) is 0.449. The number of carbonyl (C=O) groups excluding carboxylic acids is 1. The molecule has 0 amide bonds. The fourth-order valence-corrected chi connectivity index (χ4v) is 1.37. The van der Waals surface area contributed by atoms with Gasteiger partial charge in [-0.05, 0) is 0 Å². The molecule has 1 rings (SSSR count). The molecular formula is C8H9NaO4S. The molecule has 0 saturated heterocycles. The van der Waals surface area contributed by atoms with Crippen molar-refractivity contribution < 1.29 is 17.8 Å². The number of hydrogen-bond acceptors (Lipinski definition) is 3. The molecule has 0 fully saturated rings. The maximum absolute atomic E-state index is 11.1. The average Bonchev–Trinajstić information content (AvgIpc) is 2.03. The molecule has 6 heteroatoms. The second kappa shape index (κ2) is 5.63. The van der Waals surface area contributed by atoms with Crippen LogP contribution in [0.25, 0.3) is 0 Å². The molecule has 0 heterocycles. The number of hydrogen-bond donors (Lipinski definition) is 1. The predicted octanol–water partition coefficient (Wildman–Crippen LogP) is 0.109. The SMILES string of the molecule is O=C(CS(=O)(=O)O)c1ccccc1.[NaH]. The number of benzene rings is 1. The zero-order valence-electron chi connectivity index (χ0n) is 6.67. The van der Waals surface area contributed by atoms with Crippen molar-refractivity contribution in [2.75, 3.05) is 5.75 Å². The van der Waals surface area contributed by atoms with Gasteiger partial charge < -0.3 is 0 Å². The van der Waals surface area contributed by atoms with Gasteiger partial charge in [-0.15, -0.1) is 0 Å². The molecule has 72 valence electrons. The van der Waals surface area contributed by atoms with Crippen LogP contribution in [0.4, 0.5) is 0 Å². The van der Waals surface area contributed by atoms with Gasteiger partial charge >= 0.3 is 29.6 Å². The summed E-state index contributed by atoms with van der Waals surface area (Å²) in [6.45, 7) is 0. The van der Waals surface area contributed by atoms with Crippen molar-refractivity contribution in [3.05, 3.63) is 35.9 Å². The van der Waals surface area contributed by atoms with E-state index >= 15 is 0 Å². The Morgan fingerprint density at radius 1 is 1.21 bits per heavy atom. The van der Waals surface area contributed by atoms with E-state index in [1.807, 2.05) is 0 Å². The van der Waals surface area contributed by atoms with E-state index in [4.69, 9.17) is 4.55 Å². The molecular weight excluding hydrogens is 215 g/mol. The zero-order valence-corrected chi connectivity index (χ0v) is 7.49. The zero-order chi connectivity index (χ0) is 9.90. The number of carbonyl (C=O) groups is 1. The molecule has 1 aromatic carbocycles. The second-order valence-corrected chi connectivity index (χ2v) is 3.97. The molecule has 0 spiro atoms. The first-order valence-electron chi connectivity index (χ1n) is 3.52. The summed E-state index contributed by atoms with van der Waals surface area (Å²) in [5.74, 6) is -1.47. The monoisotopic (exact) mass is 224 g/mol. The molecule has 0 radical (unpaired) electrons. The normalized spacial score (nSPS) is 10.4. The first kappa shape index (κ1) is 13.8. The molecule has 0 aliphatic carbocycles. The van der Waals surface area contributed by atoms with Crippen LogP contribution >= 0.6 is 0 Å². The Hall–Kier alpha value is -0.200. The van der Waals surface area contributed by atoms with Gasteiger partial charge in [0.2, 0.25) is 0 Å². The summed E-state index contributed by atoms with van der Waals surface area (Å²) in [4.78, 5) is 11.1. The first-order chi connectivity index (χ1) is 5.99. The van der Waals surface area contributed by atoms with Crippen molar-refractivity contribution in [1.29, 1.82) is 0 Å². The van der Waals surface area contributed by atoms with Gasteiger partial charge in [0.1, 0.15) is 5.75 Å². The standard InChI is InChI=1S/C8H8O4S.Na.H/c9-8(6-13(10,11)12)7-4-2-1-3-5-7;;/h1-5H,6H2,(H,10,11,12);;.